The number of carboxylic acids is 4. The van der Waals surface area contributed by atoms with Crippen LogP contribution >= 0.6 is 0 Å². The summed E-state index contributed by atoms with van der Waals surface area (Å²) in [5.41, 5.74) is 8.04. The number of carbonyl (C=O) groups is 4. The minimum atomic E-state index is -1.21. The van der Waals surface area contributed by atoms with Crippen LogP contribution in [0.4, 0.5) is 0 Å². The Kier molecular flexibility index (Phi) is 16.1. The largest absolute Gasteiger partial charge is 0.478 e. The zero-order chi connectivity index (χ0) is 57.1. The first-order valence-electron chi connectivity index (χ1n) is 26.4. The second-order valence-electron chi connectivity index (χ2n) is 21.0. The SMILES string of the molecule is CC(C)C(Oc1ccccc1-c1c2nc(c(-c3ccccc3OC(C(=O)O)C(C)C)c3ccc([nH]3)c(-c3ccccc3OC(C(=O)O)C(C)C)c3nc(c(-c4ccccc4OC(C(=O)O)C(C)C)c4ccc1[nH]4)C=C3)C=C2)C(=O)O. The number of nitrogens with zero attached hydrogens (tertiary/aromatic N) is 2. The van der Waals surface area contributed by atoms with Gasteiger partial charge in [-0.3, -0.25) is 0 Å². The minimum Gasteiger partial charge on any atom is -0.478 e. The van der Waals surface area contributed by atoms with Crippen molar-refractivity contribution < 1.29 is 58.6 Å². The molecular formula is C64H62N4O12. The zero-order valence-corrected chi connectivity index (χ0v) is 45.4. The van der Waals surface area contributed by atoms with Gasteiger partial charge in [0.25, 0.3) is 0 Å². The summed E-state index contributed by atoms with van der Waals surface area (Å²) in [5.74, 6) is -5.10. The van der Waals surface area contributed by atoms with Crippen LogP contribution in [0.1, 0.15) is 78.2 Å². The molecule has 0 saturated carbocycles. The Morgan fingerprint density at radius 3 is 0.725 bits per heavy atom. The normalized spacial score (nSPS) is 13.6. The van der Waals surface area contributed by atoms with Gasteiger partial charge in [-0.25, -0.2) is 29.1 Å². The van der Waals surface area contributed by atoms with E-state index in [2.05, 4.69) is 9.97 Å². The molecule has 4 aromatic carbocycles. The number of benzene rings is 4. The highest BCUT2D eigenvalue weighted by molar-refractivity contribution is 6.02. The molecule has 8 bridgehead atoms. The average Bonchev–Trinajstić information content (AvgIpc) is 4.38. The number of H-pyrrole nitrogens is 2. The van der Waals surface area contributed by atoms with Crippen LogP contribution in [0, 0.1) is 23.7 Å². The maximum atomic E-state index is 12.7. The van der Waals surface area contributed by atoms with Gasteiger partial charge in [-0.05, 0) is 72.8 Å². The number of rotatable bonds is 20. The van der Waals surface area contributed by atoms with Crippen molar-refractivity contribution >= 4 is 70.2 Å². The van der Waals surface area contributed by atoms with Crippen molar-refractivity contribution in [3.63, 3.8) is 0 Å². The van der Waals surface area contributed by atoms with E-state index in [-0.39, 0.29) is 23.0 Å². The third-order valence-corrected chi connectivity index (χ3v) is 13.8. The van der Waals surface area contributed by atoms with Gasteiger partial charge in [-0.15, -0.1) is 0 Å². The molecule has 0 saturated heterocycles. The number of nitrogens with one attached hydrogen (secondary N) is 2. The van der Waals surface area contributed by atoms with Crippen LogP contribution in [0.3, 0.4) is 0 Å². The van der Waals surface area contributed by atoms with E-state index >= 15 is 0 Å². The Morgan fingerprint density at radius 1 is 0.338 bits per heavy atom. The van der Waals surface area contributed by atoms with E-state index in [1.54, 1.807) is 104 Å². The third kappa shape index (κ3) is 11.3. The van der Waals surface area contributed by atoms with Crippen LogP contribution in [0.5, 0.6) is 23.0 Å². The Morgan fingerprint density at radius 2 is 0.537 bits per heavy atom. The van der Waals surface area contributed by atoms with Gasteiger partial charge in [-0.1, -0.05) is 128 Å². The lowest BCUT2D eigenvalue weighted by molar-refractivity contribution is -0.148. The lowest BCUT2D eigenvalue weighted by Crippen LogP contribution is -2.32. The van der Waals surface area contributed by atoms with Gasteiger partial charge in [0.15, 0.2) is 24.4 Å². The molecule has 410 valence electrons. The summed E-state index contributed by atoms with van der Waals surface area (Å²) in [5, 5.41) is 41.5. The van der Waals surface area contributed by atoms with Crippen molar-refractivity contribution in [2.45, 2.75) is 79.8 Å². The maximum Gasteiger partial charge on any atom is 0.345 e. The molecule has 6 N–H and O–H groups in total. The highest BCUT2D eigenvalue weighted by atomic mass is 16.5. The fourth-order valence-electron chi connectivity index (χ4n) is 9.88. The van der Waals surface area contributed by atoms with Gasteiger partial charge in [0, 0.05) is 90.2 Å². The molecule has 2 aliphatic heterocycles. The summed E-state index contributed by atoms with van der Waals surface area (Å²) in [7, 11) is 0. The number of aromatic amines is 2. The van der Waals surface area contributed by atoms with E-state index in [1.807, 2.05) is 97.1 Å². The fourth-order valence-corrected chi connectivity index (χ4v) is 9.88. The molecule has 80 heavy (non-hydrogen) atoms. The van der Waals surface area contributed by atoms with E-state index in [4.69, 9.17) is 28.9 Å². The van der Waals surface area contributed by atoms with Gasteiger partial charge in [-0.2, -0.15) is 0 Å². The molecular weight excluding hydrogens is 1020 g/mol. The Balaban J connectivity index is 1.47. The van der Waals surface area contributed by atoms with Crippen molar-refractivity contribution in [2.24, 2.45) is 23.7 Å². The minimum absolute atomic E-state index is 0.276. The number of aromatic nitrogens is 4. The fraction of sp³-hybridized carbons (Fsp3) is 0.250. The van der Waals surface area contributed by atoms with Crippen LogP contribution in [-0.4, -0.2) is 88.7 Å². The Bertz CT molecular complexity index is 3300. The number of ether oxygens (including phenoxy) is 4. The molecule has 0 radical (unpaired) electrons. The first-order chi connectivity index (χ1) is 38.3. The second kappa shape index (κ2) is 23.3. The standard InChI is InChI=1S/C64H62N4O12/c1-33(2)57(61(69)70)77-49-21-13-9-17-37(49)53-41-25-27-43(65-41)54(38-18-10-14-22-50(38)78-58(34(3)4)62(71)72)45-29-31-47(67-45)56(40-20-12-16-24-52(40)80-60(36(7)8)64(75)76)48-32-30-46(68-48)55(44-28-26-42(53)66-44)39-19-11-15-23-51(39)79-59(35(5)6)63(73)74/h9-36,57-60,65,68H,1-8H3,(H,69,70)(H,71,72)(H,73,74)(H,75,76). The summed E-state index contributed by atoms with van der Waals surface area (Å²) in [4.78, 5) is 69.0. The molecule has 3 aromatic heterocycles. The van der Waals surface area contributed by atoms with Crippen molar-refractivity contribution in [2.75, 3.05) is 0 Å². The Labute approximate surface area is 462 Å². The molecule has 0 fully saturated rings. The smallest absolute Gasteiger partial charge is 0.345 e. The van der Waals surface area contributed by atoms with E-state index in [9.17, 15) is 39.6 Å². The van der Waals surface area contributed by atoms with E-state index in [0.717, 1.165) is 0 Å². The summed E-state index contributed by atoms with van der Waals surface area (Å²) >= 11 is 0. The topological polar surface area (TPSA) is 243 Å². The number of carboxylic acid groups (broad SMARTS) is 4. The summed E-state index contributed by atoms with van der Waals surface area (Å²) in [6.45, 7) is 14.1. The number of hydrogen-bond acceptors (Lipinski definition) is 10. The number of para-hydroxylation sites is 4. The third-order valence-electron chi connectivity index (χ3n) is 13.8. The van der Waals surface area contributed by atoms with Crippen molar-refractivity contribution in [3.8, 4) is 67.5 Å². The molecule has 16 heteroatoms. The maximum absolute atomic E-state index is 12.7. The van der Waals surface area contributed by atoms with Crippen molar-refractivity contribution in [3.05, 3.63) is 144 Å². The van der Waals surface area contributed by atoms with Crippen LogP contribution in [0.25, 0.3) is 90.9 Å². The monoisotopic (exact) mass is 1080 g/mol. The summed E-state index contributed by atoms with van der Waals surface area (Å²) < 4.78 is 25.6. The van der Waals surface area contributed by atoms with E-state index < -0.39 is 72.0 Å². The predicted octanol–water partition coefficient (Wildman–Crippen LogP) is 13.3. The molecule has 0 amide bonds. The van der Waals surface area contributed by atoms with Gasteiger partial charge >= 0.3 is 23.9 Å². The second-order valence-corrected chi connectivity index (χ2v) is 21.0. The first-order valence-corrected chi connectivity index (χ1v) is 26.4. The van der Waals surface area contributed by atoms with Crippen LogP contribution in [-0.2, 0) is 19.2 Å². The number of fused-ring (bicyclic) bond motifs is 8. The molecule has 4 atom stereocenters. The van der Waals surface area contributed by atoms with E-state index in [1.165, 1.54) is 0 Å². The van der Waals surface area contributed by atoms with Crippen molar-refractivity contribution in [1.82, 2.24) is 19.9 Å². The Hall–Kier alpha value is -9.44. The van der Waals surface area contributed by atoms with Crippen LogP contribution < -0.4 is 18.9 Å². The van der Waals surface area contributed by atoms with Gasteiger partial charge in [0.2, 0.25) is 0 Å². The van der Waals surface area contributed by atoms with Gasteiger partial charge in [0.1, 0.15) is 23.0 Å². The summed E-state index contributed by atoms with van der Waals surface area (Å²) in [6, 6.07) is 36.0. The molecule has 0 spiro atoms. The quantitative estimate of drug-likeness (QED) is 0.0416. The summed E-state index contributed by atoms with van der Waals surface area (Å²) in [6.07, 6.45) is 2.50. The highest BCUT2D eigenvalue weighted by Gasteiger charge is 2.31. The van der Waals surface area contributed by atoms with Crippen LogP contribution in [0.2, 0.25) is 0 Å². The molecule has 4 unspecified atom stereocenters. The van der Waals surface area contributed by atoms with Gasteiger partial charge < -0.3 is 49.3 Å². The molecule has 0 aliphatic carbocycles. The van der Waals surface area contributed by atoms with Crippen molar-refractivity contribution in [1.29, 1.82) is 0 Å². The highest BCUT2D eigenvalue weighted by Crippen LogP contribution is 2.45. The van der Waals surface area contributed by atoms with Gasteiger partial charge in [0.05, 0.1) is 22.8 Å². The lowest BCUT2D eigenvalue weighted by atomic mass is 10.0. The van der Waals surface area contributed by atoms with E-state index in [0.29, 0.717) is 89.4 Å². The molecule has 7 aromatic rings. The predicted molar refractivity (Wildman–Crippen MR) is 308 cm³/mol. The zero-order valence-electron chi connectivity index (χ0n) is 45.4. The van der Waals surface area contributed by atoms with Crippen LogP contribution in [0.15, 0.2) is 121 Å². The molecule has 2 aliphatic rings. The number of hydrogen-bond donors (Lipinski definition) is 6. The average molecular weight is 1080 g/mol. The molecule has 5 heterocycles. The molecule has 16 nitrogen and oxygen atoms in total. The number of aliphatic carboxylic acids is 4. The lowest BCUT2D eigenvalue weighted by Gasteiger charge is -2.21. The molecule has 9 rings (SSSR count). The first kappa shape index (κ1) is 55.3.